The van der Waals surface area contributed by atoms with Gasteiger partial charge in [-0.05, 0) is 31.0 Å². The Morgan fingerprint density at radius 3 is 2.61 bits per heavy atom. The topological polar surface area (TPSA) is 43.1 Å². The highest BCUT2D eigenvalue weighted by Crippen LogP contribution is 2.09. The fraction of sp³-hybridized carbons (Fsp3) is 0.0625. The number of para-hydroxylation sites is 1. The molecule has 0 atom stereocenters. The minimum Gasteiger partial charge on any atom is -0.398 e. The second kappa shape index (κ2) is 5.20. The monoisotopic (exact) mass is 235 g/mol. The molecule has 0 aliphatic heterocycles. The summed E-state index contributed by atoms with van der Waals surface area (Å²) in [6.45, 7) is 1.94. The van der Waals surface area contributed by atoms with Crippen LogP contribution in [0.25, 0.3) is 0 Å². The molecular formula is C16H13NO. The average molecular weight is 235 g/mol. The maximum absolute atomic E-state index is 11.9. The van der Waals surface area contributed by atoms with Crippen molar-refractivity contribution in [3.63, 3.8) is 0 Å². The van der Waals surface area contributed by atoms with Gasteiger partial charge in [-0.25, -0.2) is 0 Å². The summed E-state index contributed by atoms with van der Waals surface area (Å²) in [6.07, 6.45) is 0. The number of Topliss-reactive ketones (excluding diaryl/α,β-unsaturated/α-hetero) is 1. The molecule has 2 heteroatoms. The number of rotatable bonds is 1. The van der Waals surface area contributed by atoms with Gasteiger partial charge in [0.1, 0.15) is 0 Å². The van der Waals surface area contributed by atoms with Gasteiger partial charge in [0.2, 0.25) is 5.78 Å². The Hall–Kier alpha value is -2.53. The molecule has 2 aromatic carbocycles. The first-order chi connectivity index (χ1) is 8.66. The van der Waals surface area contributed by atoms with Crippen molar-refractivity contribution in [1.29, 1.82) is 0 Å². The van der Waals surface area contributed by atoms with Crippen LogP contribution in [0.4, 0.5) is 5.69 Å². The third-order valence-electron chi connectivity index (χ3n) is 2.55. The Morgan fingerprint density at radius 1 is 1.11 bits per heavy atom. The van der Waals surface area contributed by atoms with Crippen LogP contribution in [0.5, 0.6) is 0 Å². The average Bonchev–Trinajstić information content (AvgIpc) is 2.37. The number of benzene rings is 2. The maximum atomic E-state index is 11.9. The van der Waals surface area contributed by atoms with E-state index in [1.54, 1.807) is 18.2 Å². The first-order valence-electron chi connectivity index (χ1n) is 5.64. The number of nitrogen functional groups attached to an aromatic ring is 1. The number of ketones is 1. The maximum Gasteiger partial charge on any atom is 0.236 e. The minimum absolute atomic E-state index is 0.193. The lowest BCUT2D eigenvalue weighted by molar-refractivity contribution is 0.105. The molecule has 2 nitrogen and oxygen atoms in total. The van der Waals surface area contributed by atoms with Crippen molar-refractivity contribution in [3.8, 4) is 11.8 Å². The van der Waals surface area contributed by atoms with E-state index in [-0.39, 0.29) is 5.78 Å². The van der Waals surface area contributed by atoms with Crippen molar-refractivity contribution in [2.24, 2.45) is 0 Å². The van der Waals surface area contributed by atoms with Crippen LogP contribution in [-0.2, 0) is 0 Å². The number of aryl methyl sites for hydroxylation is 1. The largest absolute Gasteiger partial charge is 0.398 e. The zero-order valence-corrected chi connectivity index (χ0v) is 10.1. The molecule has 0 heterocycles. The molecule has 0 saturated carbocycles. The quantitative estimate of drug-likeness (QED) is 0.469. The summed E-state index contributed by atoms with van der Waals surface area (Å²) in [5.74, 6) is 5.23. The van der Waals surface area contributed by atoms with E-state index in [2.05, 4.69) is 11.8 Å². The van der Waals surface area contributed by atoms with Gasteiger partial charge in [0.15, 0.2) is 0 Å². The summed E-state index contributed by atoms with van der Waals surface area (Å²) < 4.78 is 0. The smallest absolute Gasteiger partial charge is 0.236 e. The summed E-state index contributed by atoms with van der Waals surface area (Å²) in [4.78, 5) is 11.9. The van der Waals surface area contributed by atoms with Gasteiger partial charge in [-0.1, -0.05) is 41.8 Å². The highest BCUT2D eigenvalue weighted by molar-refractivity contribution is 6.09. The molecule has 0 unspecified atom stereocenters. The second-order valence-electron chi connectivity index (χ2n) is 4.04. The fourth-order valence-electron chi connectivity index (χ4n) is 1.59. The van der Waals surface area contributed by atoms with Crippen molar-refractivity contribution in [2.75, 3.05) is 5.73 Å². The number of carbonyl (C=O) groups excluding carboxylic acids is 1. The summed E-state index contributed by atoms with van der Waals surface area (Å²) >= 11 is 0. The lowest BCUT2D eigenvalue weighted by Crippen LogP contribution is -1.96. The molecule has 0 fully saturated rings. The molecule has 0 spiro atoms. The van der Waals surface area contributed by atoms with Crippen molar-refractivity contribution < 1.29 is 4.79 Å². The number of carbonyl (C=O) groups is 1. The molecule has 2 N–H and O–H groups in total. The first-order valence-corrected chi connectivity index (χ1v) is 5.64. The molecule has 0 aliphatic rings. The molecule has 0 aliphatic carbocycles. The molecule has 0 amide bonds. The summed E-state index contributed by atoms with van der Waals surface area (Å²) in [7, 11) is 0. The number of hydrogen-bond acceptors (Lipinski definition) is 2. The minimum atomic E-state index is -0.193. The van der Waals surface area contributed by atoms with Gasteiger partial charge in [-0.15, -0.1) is 0 Å². The predicted octanol–water partition coefficient (Wildman–Crippen LogP) is 2.81. The Bertz CT molecular complexity index is 647. The zero-order chi connectivity index (χ0) is 13.0. The van der Waals surface area contributed by atoms with Crippen molar-refractivity contribution in [2.45, 2.75) is 6.92 Å². The zero-order valence-electron chi connectivity index (χ0n) is 10.1. The van der Waals surface area contributed by atoms with Gasteiger partial charge in [-0.2, -0.15) is 0 Å². The Labute approximate surface area is 106 Å². The Balaban J connectivity index is 2.26. The normalized spacial score (nSPS) is 9.39. The summed E-state index contributed by atoms with van der Waals surface area (Å²) in [5, 5.41) is 0. The third kappa shape index (κ3) is 2.78. The summed E-state index contributed by atoms with van der Waals surface area (Å²) in [5.41, 5.74) is 8.67. The molecule has 88 valence electrons. The van der Waals surface area contributed by atoms with Gasteiger partial charge in [0, 0.05) is 16.8 Å². The van der Waals surface area contributed by atoms with E-state index < -0.39 is 0 Å². The van der Waals surface area contributed by atoms with Gasteiger partial charge >= 0.3 is 0 Å². The van der Waals surface area contributed by atoms with E-state index in [1.165, 1.54) is 0 Å². The van der Waals surface area contributed by atoms with Crippen LogP contribution in [0.1, 0.15) is 21.5 Å². The van der Waals surface area contributed by atoms with E-state index >= 15 is 0 Å². The van der Waals surface area contributed by atoms with Crippen LogP contribution < -0.4 is 5.73 Å². The van der Waals surface area contributed by atoms with E-state index in [4.69, 9.17) is 5.73 Å². The number of anilines is 1. The van der Waals surface area contributed by atoms with Crippen LogP contribution >= 0.6 is 0 Å². The lowest BCUT2D eigenvalue weighted by Gasteiger charge is -1.96. The van der Waals surface area contributed by atoms with Gasteiger partial charge in [-0.3, -0.25) is 4.79 Å². The number of hydrogen-bond donors (Lipinski definition) is 1. The highest BCUT2D eigenvalue weighted by Gasteiger charge is 2.01. The van der Waals surface area contributed by atoms with E-state index in [9.17, 15) is 4.79 Å². The van der Waals surface area contributed by atoms with E-state index in [1.807, 2.05) is 37.3 Å². The fourth-order valence-corrected chi connectivity index (χ4v) is 1.59. The highest BCUT2D eigenvalue weighted by atomic mass is 16.1. The van der Waals surface area contributed by atoms with Crippen molar-refractivity contribution >= 4 is 11.5 Å². The molecule has 0 saturated heterocycles. The van der Waals surface area contributed by atoms with Crippen LogP contribution in [0.3, 0.4) is 0 Å². The number of nitrogens with two attached hydrogens (primary N) is 1. The second-order valence-corrected chi connectivity index (χ2v) is 4.04. The third-order valence-corrected chi connectivity index (χ3v) is 2.55. The first kappa shape index (κ1) is 11.9. The molecular weight excluding hydrogens is 222 g/mol. The van der Waals surface area contributed by atoms with Crippen LogP contribution in [0.15, 0.2) is 48.5 Å². The standard InChI is InChI=1S/C16H13NO/c1-12-5-4-7-14(11-12)16(18)10-9-13-6-2-3-8-15(13)17/h2-8,11H,17H2,1H3. The van der Waals surface area contributed by atoms with Gasteiger partial charge in [0.25, 0.3) is 0 Å². The van der Waals surface area contributed by atoms with Crippen LogP contribution in [-0.4, -0.2) is 5.78 Å². The Kier molecular flexibility index (Phi) is 3.45. The van der Waals surface area contributed by atoms with Gasteiger partial charge < -0.3 is 5.73 Å². The van der Waals surface area contributed by atoms with E-state index in [0.29, 0.717) is 16.8 Å². The summed E-state index contributed by atoms with van der Waals surface area (Å²) in [6, 6.07) is 14.6. The Morgan fingerprint density at radius 2 is 1.89 bits per heavy atom. The predicted molar refractivity (Wildman–Crippen MR) is 73.2 cm³/mol. The van der Waals surface area contributed by atoms with Crippen LogP contribution in [0.2, 0.25) is 0 Å². The SMILES string of the molecule is Cc1cccc(C(=O)C#Cc2ccccc2N)c1. The molecule has 2 aromatic rings. The molecule has 0 aromatic heterocycles. The lowest BCUT2D eigenvalue weighted by atomic mass is 10.1. The molecule has 0 bridgehead atoms. The van der Waals surface area contributed by atoms with Gasteiger partial charge in [0.05, 0.1) is 0 Å². The van der Waals surface area contributed by atoms with Crippen molar-refractivity contribution in [3.05, 3.63) is 65.2 Å². The molecule has 2 rings (SSSR count). The molecule has 0 radical (unpaired) electrons. The molecule has 18 heavy (non-hydrogen) atoms. The van der Waals surface area contributed by atoms with Crippen LogP contribution in [0, 0.1) is 18.8 Å². The van der Waals surface area contributed by atoms with E-state index in [0.717, 1.165) is 5.56 Å². The van der Waals surface area contributed by atoms with Crippen molar-refractivity contribution in [1.82, 2.24) is 0 Å².